The van der Waals surface area contributed by atoms with Gasteiger partial charge in [0, 0.05) is 29.9 Å². The maximum Gasteiger partial charge on any atom is 0.274 e. The first-order valence-corrected chi connectivity index (χ1v) is 9.52. The summed E-state index contributed by atoms with van der Waals surface area (Å²) in [6.45, 7) is 6.45. The molecule has 6 nitrogen and oxygen atoms in total. The van der Waals surface area contributed by atoms with Gasteiger partial charge in [-0.2, -0.15) is 0 Å². The highest BCUT2D eigenvalue weighted by Gasteiger charge is 2.23. The standard InChI is InChI=1S/C21H26N4O2/c1-4-18-10-5-6-11-25(18)20-13-19(22-15(3)23-20)21(27)24-17-9-7-8-16(12-17)14(2)26/h7-9,12-13,18H,4-6,10-11H2,1-3H3,(H,24,27). The molecule has 0 saturated carbocycles. The summed E-state index contributed by atoms with van der Waals surface area (Å²) in [5, 5.41) is 2.84. The highest BCUT2D eigenvalue weighted by molar-refractivity contribution is 6.04. The van der Waals surface area contributed by atoms with E-state index < -0.39 is 0 Å². The molecule has 6 heteroatoms. The SMILES string of the molecule is CCC1CCCCN1c1cc(C(=O)Nc2cccc(C(C)=O)c2)nc(C)n1. The summed E-state index contributed by atoms with van der Waals surface area (Å²) in [4.78, 5) is 35.5. The van der Waals surface area contributed by atoms with E-state index in [1.165, 1.54) is 13.3 Å². The van der Waals surface area contributed by atoms with Crippen molar-refractivity contribution in [2.45, 2.75) is 52.5 Å². The first-order chi connectivity index (χ1) is 13.0. The van der Waals surface area contributed by atoms with Crippen LogP contribution < -0.4 is 10.2 Å². The van der Waals surface area contributed by atoms with Gasteiger partial charge in [-0.25, -0.2) is 9.97 Å². The maximum absolute atomic E-state index is 12.7. The van der Waals surface area contributed by atoms with Crippen LogP contribution in [0.2, 0.25) is 0 Å². The number of carbonyl (C=O) groups is 2. The van der Waals surface area contributed by atoms with E-state index in [9.17, 15) is 9.59 Å². The third kappa shape index (κ3) is 4.51. The first-order valence-electron chi connectivity index (χ1n) is 9.52. The summed E-state index contributed by atoms with van der Waals surface area (Å²) < 4.78 is 0. The fraction of sp³-hybridized carbons (Fsp3) is 0.429. The number of anilines is 2. The Labute approximate surface area is 160 Å². The first kappa shape index (κ1) is 19.0. The molecule has 2 aromatic rings. The second-order valence-electron chi connectivity index (χ2n) is 7.00. The van der Waals surface area contributed by atoms with Crippen molar-refractivity contribution in [3.05, 3.63) is 47.4 Å². The van der Waals surface area contributed by atoms with Gasteiger partial charge in [-0.15, -0.1) is 0 Å². The highest BCUT2D eigenvalue weighted by Crippen LogP contribution is 2.25. The van der Waals surface area contributed by atoms with E-state index in [4.69, 9.17) is 0 Å². The molecule has 0 radical (unpaired) electrons. The van der Waals surface area contributed by atoms with Crippen LogP contribution in [0.4, 0.5) is 11.5 Å². The average Bonchev–Trinajstić information content (AvgIpc) is 2.67. The number of Topliss-reactive ketones (excluding diaryl/α,β-unsaturated/α-hetero) is 1. The second-order valence-corrected chi connectivity index (χ2v) is 7.00. The molecule has 1 amide bonds. The van der Waals surface area contributed by atoms with Crippen molar-refractivity contribution < 1.29 is 9.59 Å². The normalized spacial score (nSPS) is 16.9. The molecule has 1 aromatic carbocycles. The fourth-order valence-electron chi connectivity index (χ4n) is 3.55. The number of hydrogen-bond donors (Lipinski definition) is 1. The number of ketones is 1. The number of benzene rings is 1. The predicted molar refractivity (Wildman–Crippen MR) is 106 cm³/mol. The van der Waals surface area contributed by atoms with E-state index in [2.05, 4.69) is 27.1 Å². The zero-order valence-electron chi connectivity index (χ0n) is 16.2. The van der Waals surface area contributed by atoms with Crippen molar-refractivity contribution in [3.63, 3.8) is 0 Å². The molecule has 1 aromatic heterocycles. The van der Waals surface area contributed by atoms with E-state index >= 15 is 0 Å². The molecule has 142 valence electrons. The van der Waals surface area contributed by atoms with E-state index in [1.807, 2.05) is 6.92 Å². The molecule has 1 saturated heterocycles. The topological polar surface area (TPSA) is 75.2 Å². The van der Waals surface area contributed by atoms with Gasteiger partial charge in [-0.1, -0.05) is 19.1 Å². The number of aromatic nitrogens is 2. The molecular weight excluding hydrogens is 340 g/mol. The fourth-order valence-corrected chi connectivity index (χ4v) is 3.55. The number of nitrogens with one attached hydrogen (secondary N) is 1. The lowest BCUT2D eigenvalue weighted by Crippen LogP contribution is -2.40. The number of piperidine rings is 1. The van der Waals surface area contributed by atoms with Gasteiger partial charge in [-0.05, 0) is 51.7 Å². The molecular formula is C21H26N4O2. The Morgan fingerprint density at radius 1 is 1.22 bits per heavy atom. The van der Waals surface area contributed by atoms with Crippen molar-refractivity contribution in [2.24, 2.45) is 0 Å². The molecule has 0 spiro atoms. The minimum absolute atomic E-state index is 0.0398. The van der Waals surface area contributed by atoms with Gasteiger partial charge in [0.05, 0.1) is 0 Å². The molecule has 0 aliphatic carbocycles. The van der Waals surface area contributed by atoms with Gasteiger partial charge < -0.3 is 10.2 Å². The van der Waals surface area contributed by atoms with Crippen molar-refractivity contribution in [3.8, 4) is 0 Å². The molecule has 3 rings (SSSR count). The number of aryl methyl sites for hydroxylation is 1. The predicted octanol–water partition coefficient (Wildman–Crippen LogP) is 4.01. The molecule has 27 heavy (non-hydrogen) atoms. The molecule has 1 N–H and O–H groups in total. The third-order valence-corrected chi connectivity index (χ3v) is 4.98. The van der Waals surface area contributed by atoms with Crippen LogP contribution >= 0.6 is 0 Å². The number of amides is 1. The van der Waals surface area contributed by atoms with E-state index in [-0.39, 0.29) is 11.7 Å². The van der Waals surface area contributed by atoms with Crippen molar-refractivity contribution in [1.29, 1.82) is 0 Å². The number of nitrogens with zero attached hydrogens (tertiary/aromatic N) is 3. The van der Waals surface area contributed by atoms with Crippen LogP contribution in [-0.4, -0.2) is 34.2 Å². The molecule has 1 unspecified atom stereocenters. The van der Waals surface area contributed by atoms with Crippen LogP contribution in [0.25, 0.3) is 0 Å². The summed E-state index contributed by atoms with van der Waals surface area (Å²) in [6, 6.07) is 9.14. The highest BCUT2D eigenvalue weighted by atomic mass is 16.2. The third-order valence-electron chi connectivity index (χ3n) is 4.98. The minimum Gasteiger partial charge on any atom is -0.354 e. The largest absolute Gasteiger partial charge is 0.354 e. The summed E-state index contributed by atoms with van der Waals surface area (Å²) in [5.74, 6) is 1.06. The number of rotatable bonds is 5. The van der Waals surface area contributed by atoms with Crippen LogP contribution in [0, 0.1) is 6.92 Å². The van der Waals surface area contributed by atoms with E-state index in [0.717, 1.165) is 31.6 Å². The van der Waals surface area contributed by atoms with Crippen molar-refractivity contribution in [1.82, 2.24) is 9.97 Å². The molecule has 0 bridgehead atoms. The Bertz CT molecular complexity index is 850. The second kappa shape index (κ2) is 8.29. The zero-order valence-corrected chi connectivity index (χ0v) is 16.2. The summed E-state index contributed by atoms with van der Waals surface area (Å²) >= 11 is 0. The Morgan fingerprint density at radius 3 is 2.78 bits per heavy atom. The lowest BCUT2D eigenvalue weighted by molar-refractivity contribution is 0.100. The van der Waals surface area contributed by atoms with Crippen molar-refractivity contribution >= 4 is 23.2 Å². The molecule has 1 fully saturated rings. The quantitative estimate of drug-likeness (QED) is 0.809. The van der Waals surface area contributed by atoms with Gasteiger partial charge in [0.25, 0.3) is 5.91 Å². The monoisotopic (exact) mass is 366 g/mol. The van der Waals surface area contributed by atoms with Gasteiger partial charge in [0.15, 0.2) is 5.78 Å². The molecule has 1 atom stereocenters. The van der Waals surface area contributed by atoms with E-state index in [0.29, 0.717) is 28.8 Å². The summed E-state index contributed by atoms with van der Waals surface area (Å²) in [7, 11) is 0. The van der Waals surface area contributed by atoms with Gasteiger partial charge in [-0.3, -0.25) is 9.59 Å². The lowest BCUT2D eigenvalue weighted by atomic mass is 10.00. The summed E-state index contributed by atoms with van der Waals surface area (Å²) in [5.41, 5.74) is 1.48. The van der Waals surface area contributed by atoms with Gasteiger partial charge >= 0.3 is 0 Å². The number of carbonyl (C=O) groups excluding carboxylic acids is 2. The Morgan fingerprint density at radius 2 is 2.04 bits per heavy atom. The van der Waals surface area contributed by atoms with Crippen LogP contribution in [0.1, 0.15) is 66.2 Å². The smallest absolute Gasteiger partial charge is 0.274 e. The Balaban J connectivity index is 1.84. The number of hydrogen-bond acceptors (Lipinski definition) is 5. The molecule has 1 aliphatic heterocycles. The minimum atomic E-state index is -0.299. The van der Waals surface area contributed by atoms with Crippen LogP contribution in [0.3, 0.4) is 0 Å². The summed E-state index contributed by atoms with van der Waals surface area (Å²) in [6.07, 6.45) is 4.58. The maximum atomic E-state index is 12.7. The van der Waals surface area contributed by atoms with Gasteiger partial charge in [0.1, 0.15) is 17.3 Å². The van der Waals surface area contributed by atoms with E-state index in [1.54, 1.807) is 30.3 Å². The van der Waals surface area contributed by atoms with Crippen LogP contribution in [0.5, 0.6) is 0 Å². The van der Waals surface area contributed by atoms with Crippen molar-refractivity contribution in [2.75, 3.05) is 16.8 Å². The molecule has 1 aliphatic rings. The van der Waals surface area contributed by atoms with Crippen LogP contribution in [0.15, 0.2) is 30.3 Å². The molecule has 2 heterocycles. The Hall–Kier alpha value is -2.76. The van der Waals surface area contributed by atoms with Crippen LogP contribution in [-0.2, 0) is 0 Å². The van der Waals surface area contributed by atoms with Gasteiger partial charge in [0.2, 0.25) is 0 Å². The lowest BCUT2D eigenvalue weighted by Gasteiger charge is -2.36. The zero-order chi connectivity index (χ0) is 19.4. The average molecular weight is 366 g/mol. The Kier molecular flexibility index (Phi) is 5.84.